The number of sulfone groups is 1. The maximum atomic E-state index is 13.5. The first-order valence-electron chi connectivity index (χ1n) is 40.3. The van der Waals surface area contributed by atoms with Crippen LogP contribution < -0.4 is 22.2 Å². The summed E-state index contributed by atoms with van der Waals surface area (Å²) in [4.78, 5) is 88.4. The van der Waals surface area contributed by atoms with Crippen molar-refractivity contribution in [3.63, 3.8) is 0 Å². The van der Waals surface area contributed by atoms with E-state index in [1.165, 1.54) is 79.4 Å². The Bertz CT molecular complexity index is 7150. The van der Waals surface area contributed by atoms with Crippen molar-refractivity contribution in [3.8, 4) is 57.6 Å². The Morgan fingerprint density at radius 3 is 1.22 bits per heavy atom. The highest BCUT2D eigenvalue weighted by Gasteiger charge is 2.33. The van der Waals surface area contributed by atoms with Gasteiger partial charge in [0.05, 0.1) is 71.7 Å². The molecule has 8 N–H and O–H groups in total. The first-order chi connectivity index (χ1) is 60.0. The molecule has 9 aromatic carbocycles. The molecule has 1 saturated carbocycles. The number of fused-ring (bicyclic) bond motifs is 4. The fourth-order valence-electron chi connectivity index (χ4n) is 15.4. The number of nitrogens with zero attached hydrogens (tertiary/aromatic N) is 9. The molecule has 1 aliphatic carbocycles. The molecule has 31 heteroatoms. The molecule has 1 aliphatic heterocycles. The average molecular weight is 1690 g/mol. The molecule has 24 nitrogen and oxygen atoms in total. The number of alkyl halides is 3. The highest BCUT2D eigenvalue weighted by Crippen LogP contribution is 2.41. The summed E-state index contributed by atoms with van der Waals surface area (Å²) in [6, 6.07) is 62.2. The standard InChI is InChI=1S/C25H21FN4O3S.C24H18F3N5O.C22H21FN4O2.C22H21FN4O/c1-34(32,33)19-13-9-17(10-14-19)23-20(15-8-16-6-11-18(26)12-7-16)24(31)30(29-23)25-27-21-4-2-3-5-22(21)28-25;25-24(26,27)17-8-6-16(7-9-17)21-18(10-5-15-11-13-28-14-12-15)22(33)32(31-21)23-29-19-3-1-2-4-20(19)30-23;23-16-7-5-15(6-8-16)20-17(13-14-9-11-29-12-10-14)21(28)27(26-20)22-24-18-3-1-2-4-19(18)25-22;1-13-2-11-18-19(12-13)25-22(24-18)27-21(28)17(20(26-27)15-6-7-15)10-5-14-3-8-16(23)9-4-14/h2-7,9-14,29H,8,15H2,1H3,(H,27,28);1-4,6-9,11-14,31H,5,10H2,(H,29,30);1-8,14,26H,9-13H2,(H,24,25);2-4,8-9,11-12,15,26H,5-7,10H2,1H3,(H,24,25). The molecule has 0 spiro atoms. The number of H-pyrrole nitrogens is 8. The molecule has 124 heavy (non-hydrogen) atoms. The zero-order chi connectivity index (χ0) is 85.9. The van der Waals surface area contributed by atoms with Crippen molar-refractivity contribution in [1.29, 1.82) is 0 Å². The molecule has 18 aromatic rings. The molecule has 2 fully saturated rings. The van der Waals surface area contributed by atoms with Gasteiger partial charge in [-0.3, -0.25) is 44.6 Å². The summed E-state index contributed by atoms with van der Waals surface area (Å²) in [6.07, 6.45) is 8.00. The van der Waals surface area contributed by atoms with E-state index >= 15 is 0 Å². The van der Waals surface area contributed by atoms with Crippen molar-refractivity contribution in [3.05, 3.63) is 351 Å². The second-order valence-electron chi connectivity index (χ2n) is 30.8. The Morgan fingerprint density at radius 1 is 0.411 bits per heavy atom. The van der Waals surface area contributed by atoms with E-state index < -0.39 is 21.6 Å². The van der Waals surface area contributed by atoms with Crippen LogP contribution in [0.3, 0.4) is 0 Å². The molecule has 628 valence electrons. The molecular formula is C93H81F6N17O7S. The van der Waals surface area contributed by atoms with Gasteiger partial charge in [-0.05, 0) is 250 Å². The number of pyridine rings is 1. The maximum absolute atomic E-state index is 13.5. The van der Waals surface area contributed by atoms with Gasteiger partial charge in [0, 0.05) is 71.3 Å². The number of hydrogen-bond donors (Lipinski definition) is 8. The molecule has 20 rings (SSSR count). The van der Waals surface area contributed by atoms with Crippen molar-refractivity contribution in [1.82, 2.24) is 84.0 Å². The number of para-hydroxylation sites is 6. The van der Waals surface area contributed by atoms with Crippen molar-refractivity contribution in [2.45, 2.75) is 94.5 Å². The summed E-state index contributed by atoms with van der Waals surface area (Å²) in [5.74, 6) is 1.56. The number of ether oxygens (including phenoxy) is 1. The van der Waals surface area contributed by atoms with E-state index in [2.05, 4.69) is 65.3 Å². The number of nitrogens with one attached hydrogen (secondary N) is 8. The van der Waals surface area contributed by atoms with Crippen LogP contribution in [0.25, 0.3) is 102 Å². The van der Waals surface area contributed by atoms with Gasteiger partial charge >= 0.3 is 6.18 Å². The van der Waals surface area contributed by atoms with E-state index in [-0.39, 0.29) is 44.6 Å². The SMILES string of the molecule is CS(=O)(=O)c1ccc(-c2[nH]n(-c3nc4ccccc4[nH]3)c(=O)c2CCc2ccc(F)cc2)cc1.Cc1ccc2nc(-n3[nH]c(C4CC4)c(CCc4ccc(F)cc4)c3=O)[nH]c2c1.O=c1c(CC2CCOCC2)c(-c2ccc(F)cc2)[nH]n1-c1nc2ccccc2[nH]1.O=c1c(CCc2ccncc2)c(-c2ccc(C(F)(F)F)cc2)[nH]n1-c1nc2ccccc2[nH]1. The lowest BCUT2D eigenvalue weighted by Gasteiger charge is -2.21. The van der Waals surface area contributed by atoms with Crippen molar-refractivity contribution in [2.24, 2.45) is 5.92 Å². The fourth-order valence-corrected chi connectivity index (χ4v) is 16.0. The quantitative estimate of drug-likeness (QED) is 0.0330. The monoisotopic (exact) mass is 1690 g/mol. The lowest BCUT2D eigenvalue weighted by atomic mass is 9.91. The predicted molar refractivity (Wildman–Crippen MR) is 462 cm³/mol. The third-order valence-corrected chi connectivity index (χ3v) is 23.3. The Labute approximate surface area is 702 Å². The summed E-state index contributed by atoms with van der Waals surface area (Å²) in [5, 5.41) is 12.7. The Hall–Kier alpha value is -14.5. The van der Waals surface area contributed by atoms with Crippen LogP contribution in [0.2, 0.25) is 0 Å². The molecule has 9 aromatic heterocycles. The van der Waals surface area contributed by atoms with Crippen molar-refractivity contribution < 1.29 is 39.5 Å². The molecular weight excluding hydrogens is 1610 g/mol. The van der Waals surface area contributed by atoms with Crippen LogP contribution in [0.5, 0.6) is 0 Å². The predicted octanol–water partition coefficient (Wildman–Crippen LogP) is 16.9. The number of hydrogen-bond acceptors (Lipinski definition) is 12. The second kappa shape index (κ2) is 34.9. The first kappa shape index (κ1) is 81.9. The topological polar surface area (TPSA) is 322 Å². The largest absolute Gasteiger partial charge is 0.416 e. The molecule has 2 aliphatic rings. The summed E-state index contributed by atoms with van der Waals surface area (Å²) in [6.45, 7) is 3.47. The van der Waals surface area contributed by atoms with Gasteiger partial charge in [0.15, 0.2) is 9.84 Å². The number of aryl methyl sites for hydroxylation is 4. The summed E-state index contributed by atoms with van der Waals surface area (Å²) >= 11 is 0. The third-order valence-electron chi connectivity index (χ3n) is 22.2. The maximum Gasteiger partial charge on any atom is 0.416 e. The van der Waals surface area contributed by atoms with Gasteiger partial charge < -0.3 is 24.7 Å². The Balaban J connectivity index is 0.000000117. The third kappa shape index (κ3) is 18.1. The van der Waals surface area contributed by atoms with Crippen LogP contribution >= 0.6 is 0 Å². The van der Waals surface area contributed by atoms with Crippen LogP contribution in [-0.2, 0) is 65.7 Å². The molecule has 10 heterocycles. The van der Waals surface area contributed by atoms with Gasteiger partial charge in [-0.1, -0.05) is 91.0 Å². The lowest BCUT2D eigenvalue weighted by molar-refractivity contribution is -0.137. The van der Waals surface area contributed by atoms with E-state index in [0.29, 0.717) is 131 Å². The smallest absolute Gasteiger partial charge is 0.381 e. The van der Waals surface area contributed by atoms with Gasteiger partial charge in [0.25, 0.3) is 22.2 Å². The molecule has 0 unspecified atom stereocenters. The number of aromatic amines is 8. The van der Waals surface area contributed by atoms with Crippen LogP contribution in [0.15, 0.2) is 261 Å². The fraction of sp³-hybridized carbons (Fsp3) is 0.194. The van der Waals surface area contributed by atoms with Crippen LogP contribution in [0, 0.1) is 30.3 Å². The number of imidazole rings is 4. The highest BCUT2D eigenvalue weighted by atomic mass is 32.2. The molecule has 0 radical (unpaired) electrons. The lowest BCUT2D eigenvalue weighted by Crippen LogP contribution is -2.23. The first-order valence-corrected chi connectivity index (χ1v) is 42.2. The highest BCUT2D eigenvalue weighted by molar-refractivity contribution is 7.90. The minimum Gasteiger partial charge on any atom is -0.381 e. The van der Waals surface area contributed by atoms with Crippen LogP contribution in [0.4, 0.5) is 26.3 Å². The molecule has 0 atom stereocenters. The Kier molecular flexibility index (Phi) is 23.1. The van der Waals surface area contributed by atoms with E-state index in [1.54, 1.807) is 60.9 Å². The number of benzene rings is 9. The van der Waals surface area contributed by atoms with Crippen molar-refractivity contribution in [2.75, 3.05) is 19.5 Å². The van der Waals surface area contributed by atoms with Gasteiger partial charge in [-0.15, -0.1) is 0 Å². The van der Waals surface area contributed by atoms with Gasteiger partial charge in [0.1, 0.15) is 17.5 Å². The van der Waals surface area contributed by atoms with Crippen molar-refractivity contribution >= 4 is 54.0 Å². The number of halogens is 6. The summed E-state index contributed by atoms with van der Waals surface area (Å²) in [5.41, 5.74) is 16.1. The summed E-state index contributed by atoms with van der Waals surface area (Å²) < 4.78 is 114. The van der Waals surface area contributed by atoms with Crippen LogP contribution in [0.1, 0.15) is 87.4 Å². The van der Waals surface area contributed by atoms with Gasteiger partial charge in [-0.25, -0.2) is 41.5 Å². The second-order valence-corrected chi connectivity index (χ2v) is 32.8. The normalized spacial score (nSPS) is 13.1. The van der Waals surface area contributed by atoms with Crippen LogP contribution in [-0.4, -0.2) is 112 Å². The molecule has 0 amide bonds. The van der Waals surface area contributed by atoms with E-state index in [4.69, 9.17) is 4.74 Å². The number of rotatable bonds is 20. The molecule has 1 saturated heterocycles. The van der Waals surface area contributed by atoms with Gasteiger partial charge in [0.2, 0.25) is 23.8 Å². The number of aromatic nitrogens is 17. The minimum atomic E-state index is -4.43. The zero-order valence-electron chi connectivity index (χ0n) is 66.9. The Morgan fingerprint density at radius 2 is 0.782 bits per heavy atom. The van der Waals surface area contributed by atoms with E-state index in [1.807, 2.05) is 110 Å². The van der Waals surface area contributed by atoms with Gasteiger partial charge in [-0.2, -0.15) is 31.9 Å². The molecule has 0 bridgehead atoms. The summed E-state index contributed by atoms with van der Waals surface area (Å²) in [7, 11) is -3.35. The minimum absolute atomic E-state index is 0.0558. The zero-order valence-corrected chi connectivity index (χ0v) is 67.7. The van der Waals surface area contributed by atoms with E-state index in [9.17, 15) is 53.9 Å². The van der Waals surface area contributed by atoms with E-state index in [0.717, 1.165) is 135 Å². The average Bonchev–Trinajstić information content (AvgIpc) is 1.63.